The van der Waals surface area contributed by atoms with Crippen molar-refractivity contribution in [3.05, 3.63) is 18.5 Å². The van der Waals surface area contributed by atoms with E-state index in [1.165, 1.54) is 0 Å². The van der Waals surface area contributed by atoms with Crippen LogP contribution in [0.15, 0.2) is 18.5 Å². The Morgan fingerprint density at radius 1 is 1.25 bits per heavy atom. The lowest BCUT2D eigenvalue weighted by atomic mass is 10.7. The third-order valence-corrected chi connectivity index (χ3v) is 0.586. The van der Waals surface area contributed by atoms with Gasteiger partial charge >= 0.3 is 0 Å². The molecule has 0 unspecified atom stereocenters. The van der Waals surface area contributed by atoms with E-state index < -0.39 is 0 Å². The minimum absolute atomic E-state index is 0. The van der Waals surface area contributed by atoms with E-state index in [1.807, 2.05) is 0 Å². The van der Waals surface area contributed by atoms with Crippen LogP contribution in [0.1, 0.15) is 0 Å². The highest BCUT2D eigenvalue weighted by Gasteiger charge is 1.75. The van der Waals surface area contributed by atoms with Gasteiger partial charge in [-0.3, -0.25) is 0 Å². The summed E-state index contributed by atoms with van der Waals surface area (Å²) in [6.07, 6.45) is 3.20. The normalized spacial score (nSPS) is 7.50. The molecule has 0 atom stereocenters. The van der Waals surface area contributed by atoms with E-state index in [1.54, 1.807) is 18.5 Å². The van der Waals surface area contributed by atoms with Crippen molar-refractivity contribution in [2.24, 2.45) is 0 Å². The zero-order chi connectivity index (χ0) is 5.11. The van der Waals surface area contributed by atoms with Crippen molar-refractivity contribution in [2.45, 2.75) is 0 Å². The summed E-state index contributed by atoms with van der Waals surface area (Å²) in [5.74, 6) is 0.322. The Balaban J connectivity index is 0.000000490. The number of rotatable bonds is 0. The first-order valence-corrected chi connectivity index (χ1v) is 1.92. The average Bonchev–Trinajstić information content (AvgIpc) is 1.69. The molecule has 0 bridgehead atoms. The molecule has 0 radical (unpaired) electrons. The van der Waals surface area contributed by atoms with E-state index in [4.69, 9.17) is 5.73 Å². The van der Waals surface area contributed by atoms with Crippen LogP contribution in [0, 0.1) is 0 Å². The van der Waals surface area contributed by atoms with Crippen LogP contribution in [0.3, 0.4) is 0 Å². The van der Waals surface area contributed by atoms with Gasteiger partial charge in [0.05, 0.1) is 0 Å². The van der Waals surface area contributed by atoms with Crippen LogP contribution in [-0.4, -0.2) is 9.97 Å². The van der Waals surface area contributed by atoms with Crippen LogP contribution in [0.2, 0.25) is 0 Å². The topological polar surface area (TPSA) is 51.8 Å². The fourth-order valence-corrected chi connectivity index (χ4v) is 0.311. The van der Waals surface area contributed by atoms with Crippen LogP contribution >= 0.6 is 13.5 Å². The predicted octanol–water partition coefficient (Wildman–Crippen LogP) is 0.172. The Morgan fingerprint density at radius 2 is 1.75 bits per heavy atom. The molecule has 8 heavy (non-hydrogen) atoms. The summed E-state index contributed by atoms with van der Waals surface area (Å²) >= 11 is 0. The molecule has 0 fully saturated rings. The number of hydrogen-bond acceptors (Lipinski definition) is 3. The number of nitrogen functional groups attached to an aromatic ring is 1. The summed E-state index contributed by atoms with van der Waals surface area (Å²) in [7, 11) is 0. The standard InChI is InChI=1S/C4H5N3.H2S/c5-4-6-2-1-3-7-4;/h1-3H,(H2,5,6,7);1H2. The summed E-state index contributed by atoms with van der Waals surface area (Å²) < 4.78 is 0. The van der Waals surface area contributed by atoms with Crippen molar-refractivity contribution in [1.82, 2.24) is 9.97 Å². The van der Waals surface area contributed by atoms with Crippen LogP contribution < -0.4 is 5.73 Å². The molecule has 3 nitrogen and oxygen atoms in total. The molecule has 0 saturated carbocycles. The van der Waals surface area contributed by atoms with E-state index in [2.05, 4.69) is 9.97 Å². The molecule has 0 saturated heterocycles. The number of hydrogen-bond donors (Lipinski definition) is 1. The van der Waals surface area contributed by atoms with Crippen molar-refractivity contribution in [1.29, 1.82) is 0 Å². The van der Waals surface area contributed by atoms with Crippen LogP contribution in [-0.2, 0) is 0 Å². The van der Waals surface area contributed by atoms with Gasteiger partial charge in [0.2, 0.25) is 5.95 Å². The Labute approximate surface area is 54.4 Å². The first-order chi connectivity index (χ1) is 3.39. The predicted molar refractivity (Wildman–Crippen MR) is 36.8 cm³/mol. The number of nitrogens with zero attached hydrogens (tertiary/aromatic N) is 2. The first-order valence-electron chi connectivity index (χ1n) is 1.92. The molecule has 0 amide bonds. The van der Waals surface area contributed by atoms with Crippen LogP contribution in [0.25, 0.3) is 0 Å². The van der Waals surface area contributed by atoms with E-state index >= 15 is 0 Å². The van der Waals surface area contributed by atoms with Gasteiger partial charge in [0.15, 0.2) is 0 Å². The van der Waals surface area contributed by atoms with Crippen molar-refractivity contribution in [3.63, 3.8) is 0 Å². The minimum atomic E-state index is 0. The average molecular weight is 129 g/mol. The smallest absolute Gasteiger partial charge is 0.219 e. The fourth-order valence-electron chi connectivity index (χ4n) is 0.311. The molecule has 1 aromatic heterocycles. The SMILES string of the molecule is Nc1ncccn1.S. The third-order valence-electron chi connectivity index (χ3n) is 0.586. The lowest BCUT2D eigenvalue weighted by Crippen LogP contribution is -1.90. The Bertz CT molecular complexity index is 141. The number of aromatic nitrogens is 2. The monoisotopic (exact) mass is 129 g/mol. The number of nitrogens with two attached hydrogens (primary N) is 1. The van der Waals surface area contributed by atoms with E-state index in [-0.39, 0.29) is 13.5 Å². The largest absolute Gasteiger partial charge is 0.368 e. The molecule has 0 aliphatic heterocycles. The summed E-state index contributed by atoms with van der Waals surface area (Å²) in [6.45, 7) is 0. The highest BCUT2D eigenvalue weighted by molar-refractivity contribution is 7.59. The van der Waals surface area contributed by atoms with Crippen molar-refractivity contribution >= 4 is 19.4 Å². The Hall–Kier alpha value is -0.770. The highest BCUT2D eigenvalue weighted by Crippen LogP contribution is 1.81. The van der Waals surface area contributed by atoms with Crippen LogP contribution in [0.4, 0.5) is 5.95 Å². The summed E-state index contributed by atoms with van der Waals surface area (Å²) in [5, 5.41) is 0. The van der Waals surface area contributed by atoms with Gasteiger partial charge in [0.1, 0.15) is 0 Å². The van der Waals surface area contributed by atoms with Gasteiger partial charge < -0.3 is 5.73 Å². The second kappa shape index (κ2) is 3.26. The second-order valence-electron chi connectivity index (χ2n) is 1.11. The molecule has 0 aliphatic rings. The van der Waals surface area contributed by atoms with Crippen LogP contribution in [0.5, 0.6) is 0 Å². The summed E-state index contributed by atoms with van der Waals surface area (Å²) in [5.41, 5.74) is 5.14. The molecule has 4 heteroatoms. The fraction of sp³-hybridized carbons (Fsp3) is 0. The molecule has 2 N–H and O–H groups in total. The molecule has 44 valence electrons. The lowest BCUT2D eigenvalue weighted by Gasteiger charge is -1.82. The summed E-state index contributed by atoms with van der Waals surface area (Å²) in [6, 6.07) is 1.72. The van der Waals surface area contributed by atoms with Gasteiger partial charge in [-0.2, -0.15) is 13.5 Å². The maximum Gasteiger partial charge on any atom is 0.219 e. The molecular weight excluding hydrogens is 122 g/mol. The molecule has 1 aromatic rings. The molecule has 1 heterocycles. The van der Waals surface area contributed by atoms with Gasteiger partial charge in [-0.15, -0.1) is 0 Å². The maximum atomic E-state index is 5.14. The van der Waals surface area contributed by atoms with Crippen molar-refractivity contribution in [3.8, 4) is 0 Å². The minimum Gasteiger partial charge on any atom is -0.368 e. The van der Waals surface area contributed by atoms with E-state index in [0.717, 1.165) is 0 Å². The molecule has 0 aromatic carbocycles. The van der Waals surface area contributed by atoms with E-state index in [0.29, 0.717) is 5.95 Å². The molecule has 1 rings (SSSR count). The van der Waals surface area contributed by atoms with Gasteiger partial charge in [0.25, 0.3) is 0 Å². The third kappa shape index (κ3) is 1.79. The van der Waals surface area contributed by atoms with Gasteiger partial charge in [-0.1, -0.05) is 0 Å². The Morgan fingerprint density at radius 3 is 2.00 bits per heavy atom. The van der Waals surface area contributed by atoms with Gasteiger partial charge in [-0.25, -0.2) is 9.97 Å². The maximum absolute atomic E-state index is 5.14. The lowest BCUT2D eigenvalue weighted by molar-refractivity contribution is 1.19. The summed E-state index contributed by atoms with van der Waals surface area (Å²) in [4.78, 5) is 7.29. The zero-order valence-corrected chi connectivity index (χ0v) is 5.20. The molecule has 0 spiro atoms. The van der Waals surface area contributed by atoms with E-state index in [9.17, 15) is 0 Å². The van der Waals surface area contributed by atoms with Gasteiger partial charge in [0, 0.05) is 12.4 Å². The number of anilines is 1. The Kier molecular flexibility index (Phi) is 2.95. The molecule has 0 aliphatic carbocycles. The highest BCUT2D eigenvalue weighted by atomic mass is 32.1. The molecular formula is C4H7N3S. The van der Waals surface area contributed by atoms with Crippen molar-refractivity contribution < 1.29 is 0 Å². The second-order valence-corrected chi connectivity index (χ2v) is 1.11. The first kappa shape index (κ1) is 7.23. The van der Waals surface area contributed by atoms with Gasteiger partial charge in [-0.05, 0) is 6.07 Å². The zero-order valence-electron chi connectivity index (χ0n) is 4.20. The van der Waals surface area contributed by atoms with Crippen molar-refractivity contribution in [2.75, 3.05) is 5.73 Å². The quantitative estimate of drug-likeness (QED) is 0.543.